The van der Waals surface area contributed by atoms with E-state index in [4.69, 9.17) is 24.2 Å². The molecule has 0 aliphatic heterocycles. The average Bonchev–Trinajstić information content (AvgIpc) is 3.18. The molecule has 2 unspecified atom stereocenters. The Morgan fingerprint density at radius 2 is 1.60 bits per heavy atom. The lowest BCUT2D eigenvalue weighted by Gasteiger charge is -2.20. The molecule has 2 atom stereocenters. The van der Waals surface area contributed by atoms with Crippen molar-refractivity contribution in [2.75, 3.05) is 34.0 Å². The Morgan fingerprint density at radius 1 is 0.971 bits per heavy atom. The third kappa shape index (κ3) is 6.78. The lowest BCUT2D eigenvalue weighted by molar-refractivity contribution is -0.165. The molecule has 0 aromatic heterocycles. The van der Waals surface area contributed by atoms with E-state index < -0.39 is 30.1 Å². The Morgan fingerprint density at radius 3 is 2.17 bits per heavy atom. The number of alkyl carbamates (subject to hydrolysis) is 1. The number of amides is 2. The molecule has 2 aromatic carbocycles. The van der Waals surface area contributed by atoms with Crippen LogP contribution in [0.2, 0.25) is 0 Å². The number of hydroxylamine groups is 1. The quantitative estimate of drug-likeness (QED) is 0.291. The first-order chi connectivity index (χ1) is 17.0. The van der Waals surface area contributed by atoms with Gasteiger partial charge in [0.05, 0.1) is 6.61 Å². The van der Waals surface area contributed by atoms with Crippen molar-refractivity contribution in [3.8, 4) is 11.1 Å². The number of ether oxygens (including phenoxy) is 3. The van der Waals surface area contributed by atoms with Crippen LogP contribution in [0.25, 0.3) is 11.1 Å². The minimum atomic E-state index is -1.39. The van der Waals surface area contributed by atoms with Crippen molar-refractivity contribution < 1.29 is 38.5 Å². The number of hydrogen-bond donors (Lipinski definition) is 3. The van der Waals surface area contributed by atoms with Gasteiger partial charge in [-0.25, -0.2) is 15.1 Å². The summed E-state index contributed by atoms with van der Waals surface area (Å²) in [7, 11) is 2.84. The van der Waals surface area contributed by atoms with Crippen molar-refractivity contribution in [2.24, 2.45) is 0 Å². The van der Waals surface area contributed by atoms with E-state index in [0.717, 1.165) is 22.3 Å². The largest absolute Gasteiger partial charge is 0.479 e. The van der Waals surface area contributed by atoms with Crippen molar-refractivity contribution in [3.63, 3.8) is 0 Å². The highest BCUT2D eigenvalue weighted by molar-refractivity contribution is 5.85. The summed E-state index contributed by atoms with van der Waals surface area (Å²) >= 11 is 0. The first kappa shape index (κ1) is 26.1. The summed E-state index contributed by atoms with van der Waals surface area (Å²) in [5.41, 5.74) is 6.45. The molecule has 3 N–H and O–H groups in total. The number of rotatable bonds is 13. The molecule has 0 bridgehead atoms. The van der Waals surface area contributed by atoms with Crippen LogP contribution in [-0.4, -0.2) is 69.3 Å². The SMILES string of the molecule is COCCCC(NC(=O)OCC1c2ccccc2-c2ccccc21)C(=O)NOC(COC)C(=O)O. The number of hydrogen-bond acceptors (Lipinski definition) is 7. The standard InChI is InChI=1S/C25H30N2O8/c1-32-13-7-12-21(23(28)27-35-22(15-33-2)24(29)30)26-25(31)34-14-20-18-10-5-3-8-16(18)17-9-4-6-11-19(17)20/h3-6,8-11,20-22H,7,12-15H2,1-2H3,(H,26,31)(H,27,28)(H,29,30). The summed E-state index contributed by atoms with van der Waals surface area (Å²) in [6.45, 7) is 0.208. The van der Waals surface area contributed by atoms with Crippen molar-refractivity contribution in [1.82, 2.24) is 10.8 Å². The second kappa shape index (κ2) is 12.8. The molecule has 0 spiro atoms. The maximum Gasteiger partial charge on any atom is 0.407 e. The Labute approximate surface area is 203 Å². The Bertz CT molecular complexity index is 983. The third-order valence-electron chi connectivity index (χ3n) is 5.69. The molecule has 188 valence electrons. The fraction of sp³-hybridized carbons (Fsp3) is 0.400. The number of nitrogens with one attached hydrogen (secondary N) is 2. The van der Waals surface area contributed by atoms with Gasteiger partial charge < -0.3 is 24.6 Å². The van der Waals surface area contributed by atoms with Gasteiger partial charge in [0.25, 0.3) is 5.91 Å². The fourth-order valence-electron chi connectivity index (χ4n) is 3.99. The molecule has 10 heteroatoms. The summed E-state index contributed by atoms with van der Waals surface area (Å²) in [6, 6.07) is 14.9. The first-order valence-electron chi connectivity index (χ1n) is 11.2. The van der Waals surface area contributed by atoms with E-state index in [9.17, 15) is 14.4 Å². The summed E-state index contributed by atoms with van der Waals surface area (Å²) in [5, 5.41) is 11.7. The molecule has 0 fully saturated rings. The summed E-state index contributed by atoms with van der Waals surface area (Å²) in [6.07, 6.45) is -1.46. The van der Waals surface area contributed by atoms with Gasteiger partial charge in [0.1, 0.15) is 12.6 Å². The van der Waals surface area contributed by atoms with Gasteiger partial charge in [-0.15, -0.1) is 0 Å². The highest BCUT2D eigenvalue weighted by Gasteiger charge is 2.30. The third-order valence-corrected chi connectivity index (χ3v) is 5.69. The summed E-state index contributed by atoms with van der Waals surface area (Å²) < 4.78 is 15.3. The molecule has 0 heterocycles. The van der Waals surface area contributed by atoms with E-state index in [-0.39, 0.29) is 25.6 Å². The van der Waals surface area contributed by atoms with Gasteiger partial charge in [-0.05, 0) is 35.1 Å². The van der Waals surface area contributed by atoms with Gasteiger partial charge in [0, 0.05) is 26.7 Å². The van der Waals surface area contributed by atoms with Crippen LogP contribution >= 0.6 is 0 Å². The summed E-state index contributed by atoms with van der Waals surface area (Å²) in [4.78, 5) is 41.4. The summed E-state index contributed by atoms with van der Waals surface area (Å²) in [5.74, 6) is -2.13. The monoisotopic (exact) mass is 486 g/mol. The maximum absolute atomic E-state index is 12.6. The van der Waals surface area contributed by atoms with E-state index in [1.165, 1.54) is 14.2 Å². The first-order valence-corrected chi connectivity index (χ1v) is 11.2. The number of benzene rings is 2. The molecule has 3 rings (SSSR count). The number of carbonyl (C=O) groups is 3. The van der Waals surface area contributed by atoms with Crippen molar-refractivity contribution >= 4 is 18.0 Å². The Kier molecular flexibility index (Phi) is 9.59. The smallest absolute Gasteiger partial charge is 0.407 e. The van der Waals surface area contributed by atoms with Gasteiger partial charge in [0.15, 0.2) is 0 Å². The van der Waals surface area contributed by atoms with E-state index in [1.807, 2.05) is 48.5 Å². The topological polar surface area (TPSA) is 132 Å². The molecular formula is C25H30N2O8. The average molecular weight is 487 g/mol. The molecule has 10 nitrogen and oxygen atoms in total. The molecular weight excluding hydrogens is 456 g/mol. The molecule has 2 aromatic rings. The van der Waals surface area contributed by atoms with E-state index in [0.29, 0.717) is 13.0 Å². The van der Waals surface area contributed by atoms with E-state index in [1.54, 1.807) is 0 Å². The van der Waals surface area contributed by atoms with E-state index in [2.05, 4.69) is 10.8 Å². The number of carboxylic acids is 1. The number of carbonyl (C=O) groups excluding carboxylic acids is 2. The maximum atomic E-state index is 12.6. The zero-order valence-corrected chi connectivity index (χ0v) is 19.7. The lowest BCUT2D eigenvalue weighted by atomic mass is 9.98. The van der Waals surface area contributed by atoms with Crippen LogP contribution in [0, 0.1) is 0 Å². The molecule has 1 aliphatic rings. The van der Waals surface area contributed by atoms with Crippen LogP contribution in [-0.2, 0) is 28.6 Å². The highest BCUT2D eigenvalue weighted by atomic mass is 16.7. The Hall–Kier alpha value is -3.47. The lowest BCUT2D eigenvalue weighted by Crippen LogP contribution is -2.49. The van der Waals surface area contributed by atoms with Gasteiger partial charge in [0.2, 0.25) is 6.10 Å². The Balaban J connectivity index is 1.61. The minimum absolute atomic E-state index is 0.0949. The number of fused-ring (bicyclic) bond motifs is 3. The minimum Gasteiger partial charge on any atom is -0.479 e. The number of aliphatic carboxylic acids is 1. The normalized spacial score (nSPS) is 13.9. The van der Waals surface area contributed by atoms with Gasteiger partial charge in [-0.1, -0.05) is 48.5 Å². The number of carboxylic acid groups (broad SMARTS) is 1. The highest BCUT2D eigenvalue weighted by Crippen LogP contribution is 2.44. The fourth-order valence-corrected chi connectivity index (χ4v) is 3.99. The van der Waals surface area contributed by atoms with Gasteiger partial charge >= 0.3 is 12.1 Å². The predicted molar refractivity (Wildman–Crippen MR) is 126 cm³/mol. The predicted octanol–water partition coefficient (Wildman–Crippen LogP) is 2.47. The van der Waals surface area contributed by atoms with Crippen LogP contribution in [0.4, 0.5) is 4.79 Å². The second-order valence-corrected chi connectivity index (χ2v) is 8.02. The zero-order valence-electron chi connectivity index (χ0n) is 19.7. The van der Waals surface area contributed by atoms with Crippen LogP contribution in [0.3, 0.4) is 0 Å². The van der Waals surface area contributed by atoms with Crippen molar-refractivity contribution in [1.29, 1.82) is 0 Å². The second-order valence-electron chi connectivity index (χ2n) is 8.02. The van der Waals surface area contributed by atoms with Crippen molar-refractivity contribution in [3.05, 3.63) is 59.7 Å². The van der Waals surface area contributed by atoms with Gasteiger partial charge in [-0.3, -0.25) is 9.63 Å². The number of methoxy groups -OCH3 is 2. The van der Waals surface area contributed by atoms with E-state index >= 15 is 0 Å². The van der Waals surface area contributed by atoms with Gasteiger partial charge in [-0.2, -0.15) is 0 Å². The molecule has 0 saturated carbocycles. The van der Waals surface area contributed by atoms with Crippen LogP contribution < -0.4 is 10.8 Å². The van der Waals surface area contributed by atoms with Crippen LogP contribution in [0.15, 0.2) is 48.5 Å². The molecule has 1 aliphatic carbocycles. The molecule has 2 amide bonds. The van der Waals surface area contributed by atoms with Crippen molar-refractivity contribution in [2.45, 2.75) is 30.9 Å². The molecule has 35 heavy (non-hydrogen) atoms. The van der Waals surface area contributed by atoms with Crippen LogP contribution in [0.5, 0.6) is 0 Å². The molecule has 0 saturated heterocycles. The molecule has 0 radical (unpaired) electrons. The zero-order chi connectivity index (χ0) is 25.2. The van der Waals surface area contributed by atoms with Crippen LogP contribution in [0.1, 0.15) is 29.9 Å².